The molecule has 0 aromatic carbocycles. The third-order valence-corrected chi connectivity index (χ3v) is 3.37. The maximum Gasteiger partial charge on any atom is 0.274 e. The molecule has 2 heterocycles. The Morgan fingerprint density at radius 3 is 2.58 bits per heavy atom. The van der Waals surface area contributed by atoms with Crippen LogP contribution in [0.2, 0.25) is 0 Å². The van der Waals surface area contributed by atoms with E-state index in [-0.39, 0.29) is 11.0 Å². The van der Waals surface area contributed by atoms with Crippen molar-refractivity contribution in [2.45, 2.75) is 39.0 Å². The second-order valence-corrected chi connectivity index (χ2v) is 5.97. The van der Waals surface area contributed by atoms with Crippen LogP contribution in [0.4, 0.5) is 0 Å². The smallest absolute Gasteiger partial charge is 0.274 e. The van der Waals surface area contributed by atoms with E-state index in [4.69, 9.17) is 5.73 Å². The quantitative estimate of drug-likeness (QED) is 0.904. The summed E-state index contributed by atoms with van der Waals surface area (Å²) in [6, 6.07) is 3.65. The first-order chi connectivity index (χ1) is 8.84. The highest BCUT2D eigenvalue weighted by Crippen LogP contribution is 2.21. The van der Waals surface area contributed by atoms with Crippen LogP contribution in [0.3, 0.4) is 0 Å². The lowest BCUT2D eigenvalue weighted by molar-refractivity contribution is 0.561. The van der Waals surface area contributed by atoms with E-state index in [0.29, 0.717) is 6.54 Å². The first-order valence-electron chi connectivity index (χ1n) is 6.64. The third-order valence-electron chi connectivity index (χ3n) is 3.37. The van der Waals surface area contributed by atoms with Gasteiger partial charge < -0.3 is 10.3 Å². The van der Waals surface area contributed by atoms with Crippen LogP contribution in [-0.4, -0.2) is 20.7 Å². The van der Waals surface area contributed by atoms with Gasteiger partial charge in [0.15, 0.2) is 0 Å². The van der Waals surface area contributed by atoms with E-state index in [1.807, 2.05) is 17.7 Å². The van der Waals surface area contributed by atoms with Crippen molar-refractivity contribution in [2.75, 3.05) is 6.54 Å². The Kier molecular flexibility index (Phi) is 3.49. The van der Waals surface area contributed by atoms with E-state index < -0.39 is 0 Å². The molecule has 5 heteroatoms. The first kappa shape index (κ1) is 13.8. The van der Waals surface area contributed by atoms with Crippen molar-refractivity contribution in [3.8, 4) is 0 Å². The summed E-state index contributed by atoms with van der Waals surface area (Å²) < 4.78 is 3.51. The minimum absolute atomic E-state index is 0.0666. The highest BCUT2D eigenvalue weighted by Gasteiger charge is 2.19. The molecule has 0 aliphatic heterocycles. The van der Waals surface area contributed by atoms with Crippen LogP contribution in [-0.2, 0) is 18.9 Å². The zero-order valence-corrected chi connectivity index (χ0v) is 12.1. The highest BCUT2D eigenvalue weighted by molar-refractivity contribution is 5.43. The number of nitrogens with zero attached hydrogens (tertiary/aromatic N) is 3. The van der Waals surface area contributed by atoms with Crippen LogP contribution < -0.4 is 11.3 Å². The van der Waals surface area contributed by atoms with Crippen molar-refractivity contribution >= 4 is 5.65 Å². The summed E-state index contributed by atoms with van der Waals surface area (Å²) in [5.41, 5.74) is 8.16. The molecular weight excluding hydrogens is 240 g/mol. The predicted octanol–water partition coefficient (Wildman–Crippen LogP) is 1.22. The largest absolute Gasteiger partial charge is 0.333 e. The summed E-state index contributed by atoms with van der Waals surface area (Å²) in [6.07, 6.45) is 1.69. The molecule has 0 atom stereocenters. The SMILES string of the molecule is Cn1c(CCCN)cc(=O)n2nc(C(C)(C)C)cc12. The normalized spacial score (nSPS) is 12.3. The summed E-state index contributed by atoms with van der Waals surface area (Å²) in [5, 5.41) is 4.42. The summed E-state index contributed by atoms with van der Waals surface area (Å²) >= 11 is 0. The first-order valence-corrected chi connectivity index (χ1v) is 6.64. The van der Waals surface area contributed by atoms with Gasteiger partial charge >= 0.3 is 0 Å². The number of aryl methyl sites for hydroxylation is 2. The maximum atomic E-state index is 12.1. The summed E-state index contributed by atoms with van der Waals surface area (Å²) in [5.74, 6) is 0. The van der Waals surface area contributed by atoms with E-state index >= 15 is 0 Å². The second-order valence-electron chi connectivity index (χ2n) is 5.97. The van der Waals surface area contributed by atoms with Gasteiger partial charge in [-0.05, 0) is 19.4 Å². The molecule has 0 amide bonds. The molecule has 0 spiro atoms. The fourth-order valence-corrected chi connectivity index (χ4v) is 2.11. The Morgan fingerprint density at radius 2 is 2.00 bits per heavy atom. The third kappa shape index (κ3) is 2.56. The van der Waals surface area contributed by atoms with Gasteiger partial charge in [-0.25, -0.2) is 0 Å². The van der Waals surface area contributed by atoms with Crippen molar-refractivity contribution in [2.24, 2.45) is 12.8 Å². The molecule has 2 aromatic rings. The number of aromatic nitrogens is 3. The van der Waals surface area contributed by atoms with Gasteiger partial charge in [0.2, 0.25) is 0 Å². The predicted molar refractivity (Wildman–Crippen MR) is 76.5 cm³/mol. The van der Waals surface area contributed by atoms with Gasteiger partial charge in [-0.1, -0.05) is 20.8 Å². The zero-order valence-electron chi connectivity index (χ0n) is 12.1. The minimum Gasteiger partial charge on any atom is -0.333 e. The second kappa shape index (κ2) is 4.81. The van der Waals surface area contributed by atoms with E-state index in [2.05, 4.69) is 25.9 Å². The van der Waals surface area contributed by atoms with Gasteiger partial charge in [0, 0.05) is 30.3 Å². The van der Waals surface area contributed by atoms with Crippen molar-refractivity contribution < 1.29 is 0 Å². The van der Waals surface area contributed by atoms with Crippen molar-refractivity contribution in [1.82, 2.24) is 14.2 Å². The van der Waals surface area contributed by atoms with E-state index in [9.17, 15) is 4.79 Å². The molecule has 0 bridgehead atoms. The number of rotatable bonds is 3. The van der Waals surface area contributed by atoms with Crippen molar-refractivity contribution in [1.29, 1.82) is 0 Å². The van der Waals surface area contributed by atoms with Crippen LogP contribution in [0, 0.1) is 0 Å². The van der Waals surface area contributed by atoms with Gasteiger partial charge in [0.1, 0.15) is 5.65 Å². The van der Waals surface area contributed by atoms with Crippen LogP contribution in [0.1, 0.15) is 38.6 Å². The molecule has 104 valence electrons. The Labute approximate surface area is 113 Å². The molecule has 2 rings (SSSR count). The highest BCUT2D eigenvalue weighted by atomic mass is 16.1. The van der Waals surface area contributed by atoms with Crippen molar-refractivity contribution in [3.63, 3.8) is 0 Å². The molecule has 0 fully saturated rings. The summed E-state index contributed by atoms with van der Waals surface area (Å²) in [7, 11) is 1.97. The molecule has 0 aliphatic rings. The molecule has 2 aromatic heterocycles. The maximum absolute atomic E-state index is 12.1. The lowest BCUT2D eigenvalue weighted by Gasteiger charge is -2.13. The minimum atomic E-state index is -0.0735. The van der Waals surface area contributed by atoms with Crippen molar-refractivity contribution in [3.05, 3.63) is 33.9 Å². The molecular formula is C14H22N4O. The molecule has 0 saturated heterocycles. The molecule has 5 nitrogen and oxygen atoms in total. The molecule has 0 saturated carbocycles. The molecule has 19 heavy (non-hydrogen) atoms. The molecule has 0 aliphatic carbocycles. The van der Waals surface area contributed by atoms with E-state index in [1.165, 1.54) is 4.52 Å². The Morgan fingerprint density at radius 1 is 1.32 bits per heavy atom. The van der Waals surface area contributed by atoms with Gasteiger partial charge in [-0.15, -0.1) is 0 Å². The number of hydrogen-bond acceptors (Lipinski definition) is 3. The average molecular weight is 262 g/mol. The van der Waals surface area contributed by atoms with Gasteiger partial charge in [0.05, 0.1) is 5.69 Å². The summed E-state index contributed by atoms with van der Waals surface area (Å²) in [6.45, 7) is 6.91. The monoisotopic (exact) mass is 262 g/mol. The average Bonchev–Trinajstić information content (AvgIpc) is 2.77. The standard InChI is InChI=1S/C14H22N4O/c1-14(2,3)11-9-12-17(4)10(6-5-7-15)8-13(19)18(12)16-11/h8-9H,5-7,15H2,1-4H3. The Bertz CT molecular complexity index is 646. The molecule has 0 unspecified atom stereocenters. The van der Waals surface area contributed by atoms with E-state index in [0.717, 1.165) is 29.9 Å². The zero-order chi connectivity index (χ0) is 14.2. The van der Waals surface area contributed by atoms with Gasteiger partial charge in [0.25, 0.3) is 5.56 Å². The van der Waals surface area contributed by atoms with Crippen LogP contribution >= 0.6 is 0 Å². The fourth-order valence-electron chi connectivity index (χ4n) is 2.11. The number of nitrogens with two attached hydrogens (primary N) is 1. The van der Waals surface area contributed by atoms with Gasteiger partial charge in [-0.2, -0.15) is 9.61 Å². The van der Waals surface area contributed by atoms with Crippen LogP contribution in [0.25, 0.3) is 5.65 Å². The molecule has 2 N–H and O–H groups in total. The van der Waals surface area contributed by atoms with Crippen LogP contribution in [0.5, 0.6) is 0 Å². The topological polar surface area (TPSA) is 65.3 Å². The fraction of sp³-hybridized carbons (Fsp3) is 0.571. The number of fused-ring (bicyclic) bond motifs is 1. The lowest BCUT2D eigenvalue weighted by atomic mass is 9.93. The van der Waals surface area contributed by atoms with E-state index in [1.54, 1.807) is 6.07 Å². The summed E-state index contributed by atoms with van der Waals surface area (Å²) in [4.78, 5) is 12.1. The number of hydrogen-bond donors (Lipinski definition) is 1. The Hall–Kier alpha value is -1.62. The Balaban J connectivity index is 2.61. The van der Waals surface area contributed by atoms with Gasteiger partial charge in [-0.3, -0.25) is 4.79 Å². The lowest BCUT2D eigenvalue weighted by Crippen LogP contribution is -2.20. The molecule has 0 radical (unpaired) electrons. The van der Waals surface area contributed by atoms with Crippen LogP contribution in [0.15, 0.2) is 16.9 Å².